The molecule has 1 aromatic carbocycles. The summed E-state index contributed by atoms with van der Waals surface area (Å²) in [5, 5.41) is 0. The van der Waals surface area contributed by atoms with Gasteiger partial charge in [-0.1, -0.05) is 74.3 Å². The van der Waals surface area contributed by atoms with E-state index in [-0.39, 0.29) is 0 Å². The first-order valence-electron chi connectivity index (χ1n) is 7.47. The van der Waals surface area contributed by atoms with E-state index in [4.69, 9.17) is 0 Å². The van der Waals surface area contributed by atoms with Gasteiger partial charge in [0.25, 0.3) is 0 Å². The average molecular weight is 256 g/mol. The van der Waals surface area contributed by atoms with Crippen LogP contribution in [0.15, 0.2) is 35.9 Å². The molecule has 0 aliphatic rings. The molecular weight excluding hydrogens is 228 g/mol. The number of allylic oxidation sites excluding steroid dienone is 3. The molecule has 0 radical (unpaired) electrons. The Balaban J connectivity index is 2.66. The molecule has 104 valence electrons. The van der Waals surface area contributed by atoms with Crippen molar-refractivity contribution in [2.24, 2.45) is 5.92 Å². The Kier molecular flexibility index (Phi) is 6.62. The minimum Gasteiger partial charge on any atom is -0.0731 e. The van der Waals surface area contributed by atoms with E-state index < -0.39 is 0 Å². The van der Waals surface area contributed by atoms with Crippen molar-refractivity contribution in [3.05, 3.63) is 52.6 Å². The number of hydrogen-bond acceptors (Lipinski definition) is 0. The summed E-state index contributed by atoms with van der Waals surface area (Å²) in [5.41, 5.74) is 5.48. The molecule has 0 amide bonds. The third-order valence-electron chi connectivity index (χ3n) is 3.85. The quantitative estimate of drug-likeness (QED) is 0.540. The molecule has 0 nitrogen and oxygen atoms in total. The number of rotatable bonds is 6. The average Bonchev–Trinajstić information content (AvgIpc) is 2.38. The standard InChI is InChI=1S/C19H28/c1-6-18(7-2)14-15(3)9-8-10-19-12-11-16(4)13-17(19)5/h8-13,18H,6-7,14H2,1-5H3/b10-8+,15-9+. The molecule has 0 heteroatoms. The molecule has 0 aliphatic carbocycles. The summed E-state index contributed by atoms with van der Waals surface area (Å²) in [6.45, 7) is 11.1. The highest BCUT2D eigenvalue weighted by molar-refractivity contribution is 5.55. The highest BCUT2D eigenvalue weighted by Crippen LogP contribution is 2.18. The maximum absolute atomic E-state index is 2.28. The Bertz CT molecular complexity index is 445. The third kappa shape index (κ3) is 5.46. The lowest BCUT2D eigenvalue weighted by atomic mass is 9.95. The number of aryl methyl sites for hydroxylation is 2. The molecule has 0 atom stereocenters. The maximum atomic E-state index is 2.28. The van der Waals surface area contributed by atoms with Crippen LogP contribution in [0.25, 0.3) is 6.08 Å². The molecule has 0 N–H and O–H groups in total. The second-order valence-electron chi connectivity index (χ2n) is 5.62. The van der Waals surface area contributed by atoms with E-state index in [1.807, 2.05) is 0 Å². The SMILES string of the molecule is CCC(CC)C/C(C)=C/C=C/c1ccc(C)cc1C. The predicted octanol–water partition coefficient (Wildman–Crippen LogP) is 6.09. The predicted molar refractivity (Wildman–Crippen MR) is 87.4 cm³/mol. The van der Waals surface area contributed by atoms with Crippen molar-refractivity contribution < 1.29 is 0 Å². The second kappa shape index (κ2) is 7.99. The zero-order chi connectivity index (χ0) is 14.3. The number of benzene rings is 1. The monoisotopic (exact) mass is 256 g/mol. The fourth-order valence-electron chi connectivity index (χ4n) is 2.43. The van der Waals surface area contributed by atoms with Crippen molar-refractivity contribution in [2.45, 2.75) is 53.9 Å². The molecule has 0 saturated heterocycles. The van der Waals surface area contributed by atoms with Crippen LogP contribution in [0.1, 0.15) is 56.7 Å². The molecule has 0 spiro atoms. The summed E-state index contributed by atoms with van der Waals surface area (Å²) in [6, 6.07) is 6.61. The van der Waals surface area contributed by atoms with E-state index in [9.17, 15) is 0 Å². The molecule has 0 aliphatic heterocycles. The Morgan fingerprint density at radius 2 is 1.84 bits per heavy atom. The maximum Gasteiger partial charge on any atom is -0.0227 e. The molecule has 1 rings (SSSR count). The Labute approximate surface area is 119 Å². The van der Waals surface area contributed by atoms with Gasteiger partial charge >= 0.3 is 0 Å². The normalized spacial score (nSPS) is 12.6. The fourth-order valence-corrected chi connectivity index (χ4v) is 2.43. The summed E-state index contributed by atoms with van der Waals surface area (Å²) >= 11 is 0. The van der Waals surface area contributed by atoms with E-state index in [0.29, 0.717) is 0 Å². The van der Waals surface area contributed by atoms with E-state index in [1.165, 1.54) is 41.5 Å². The van der Waals surface area contributed by atoms with Gasteiger partial charge in [-0.05, 0) is 44.2 Å². The van der Waals surface area contributed by atoms with E-state index in [0.717, 1.165) is 5.92 Å². The van der Waals surface area contributed by atoms with Crippen LogP contribution in [0.3, 0.4) is 0 Å². The number of hydrogen-bond donors (Lipinski definition) is 0. The van der Waals surface area contributed by atoms with E-state index in [1.54, 1.807) is 0 Å². The molecule has 0 saturated carbocycles. The summed E-state index contributed by atoms with van der Waals surface area (Å²) in [5.74, 6) is 0.839. The summed E-state index contributed by atoms with van der Waals surface area (Å²) < 4.78 is 0. The first-order valence-corrected chi connectivity index (χ1v) is 7.47. The van der Waals surface area contributed by atoms with Crippen molar-refractivity contribution in [3.63, 3.8) is 0 Å². The van der Waals surface area contributed by atoms with Crippen molar-refractivity contribution in [1.82, 2.24) is 0 Å². The largest absolute Gasteiger partial charge is 0.0731 e. The van der Waals surface area contributed by atoms with Crippen LogP contribution < -0.4 is 0 Å². The summed E-state index contributed by atoms with van der Waals surface area (Å²) in [6.07, 6.45) is 10.5. The highest BCUT2D eigenvalue weighted by Gasteiger charge is 2.02. The zero-order valence-electron chi connectivity index (χ0n) is 13.2. The van der Waals surface area contributed by atoms with Crippen LogP contribution in [0.2, 0.25) is 0 Å². The van der Waals surface area contributed by atoms with E-state index >= 15 is 0 Å². The molecule has 0 fully saturated rings. The first kappa shape index (κ1) is 15.8. The van der Waals surface area contributed by atoms with Gasteiger partial charge in [0.2, 0.25) is 0 Å². The van der Waals surface area contributed by atoms with Crippen LogP contribution in [-0.4, -0.2) is 0 Å². The Hall–Kier alpha value is -1.30. The van der Waals surface area contributed by atoms with Gasteiger partial charge in [-0.2, -0.15) is 0 Å². The van der Waals surface area contributed by atoms with Crippen LogP contribution in [0.5, 0.6) is 0 Å². The van der Waals surface area contributed by atoms with Gasteiger partial charge in [0, 0.05) is 0 Å². The minimum atomic E-state index is 0.839. The molecule has 19 heavy (non-hydrogen) atoms. The van der Waals surface area contributed by atoms with Crippen molar-refractivity contribution >= 4 is 6.08 Å². The zero-order valence-corrected chi connectivity index (χ0v) is 13.2. The lowest BCUT2D eigenvalue weighted by Crippen LogP contribution is -1.96. The van der Waals surface area contributed by atoms with Crippen LogP contribution in [0.4, 0.5) is 0 Å². The summed E-state index contributed by atoms with van der Waals surface area (Å²) in [7, 11) is 0. The van der Waals surface area contributed by atoms with Gasteiger partial charge in [0.15, 0.2) is 0 Å². The lowest BCUT2D eigenvalue weighted by molar-refractivity contribution is 0.488. The smallest absolute Gasteiger partial charge is 0.0227 e. The topological polar surface area (TPSA) is 0 Å². The molecule has 0 unspecified atom stereocenters. The molecular formula is C19H28. The Morgan fingerprint density at radius 3 is 2.42 bits per heavy atom. The second-order valence-corrected chi connectivity index (χ2v) is 5.62. The molecule has 0 bridgehead atoms. The van der Waals surface area contributed by atoms with Gasteiger partial charge in [0.05, 0.1) is 0 Å². The van der Waals surface area contributed by atoms with Gasteiger partial charge in [-0.25, -0.2) is 0 Å². The van der Waals surface area contributed by atoms with Crippen molar-refractivity contribution in [3.8, 4) is 0 Å². The summed E-state index contributed by atoms with van der Waals surface area (Å²) in [4.78, 5) is 0. The van der Waals surface area contributed by atoms with Gasteiger partial charge in [-0.3, -0.25) is 0 Å². The van der Waals surface area contributed by atoms with E-state index in [2.05, 4.69) is 71.0 Å². The van der Waals surface area contributed by atoms with Crippen LogP contribution in [-0.2, 0) is 0 Å². The Morgan fingerprint density at radius 1 is 1.16 bits per heavy atom. The molecule has 0 heterocycles. The fraction of sp³-hybridized carbons (Fsp3) is 0.474. The van der Waals surface area contributed by atoms with Crippen molar-refractivity contribution in [1.29, 1.82) is 0 Å². The van der Waals surface area contributed by atoms with Crippen LogP contribution >= 0.6 is 0 Å². The van der Waals surface area contributed by atoms with Crippen LogP contribution in [0, 0.1) is 19.8 Å². The van der Waals surface area contributed by atoms with Gasteiger partial charge in [-0.15, -0.1) is 0 Å². The minimum absolute atomic E-state index is 0.839. The third-order valence-corrected chi connectivity index (χ3v) is 3.85. The van der Waals surface area contributed by atoms with Gasteiger partial charge < -0.3 is 0 Å². The lowest BCUT2D eigenvalue weighted by Gasteiger charge is -2.11. The highest BCUT2D eigenvalue weighted by atomic mass is 14.1. The molecule has 0 aromatic heterocycles. The van der Waals surface area contributed by atoms with Gasteiger partial charge in [0.1, 0.15) is 0 Å². The molecule has 1 aromatic rings. The van der Waals surface area contributed by atoms with Crippen molar-refractivity contribution in [2.75, 3.05) is 0 Å². The first-order chi connectivity index (χ1) is 9.06.